The molecule has 0 fully saturated rings. The third kappa shape index (κ3) is 4.52. The molecule has 0 atom stereocenters. The molecule has 0 spiro atoms. The molecule has 2 N–H and O–H groups in total. The first-order chi connectivity index (χ1) is 10.9. The lowest BCUT2D eigenvalue weighted by molar-refractivity contribution is -0.131. The summed E-state index contributed by atoms with van der Waals surface area (Å²) in [5.74, 6) is -1.66. The zero-order chi connectivity index (χ0) is 16.9. The second kappa shape index (κ2) is 6.89. The van der Waals surface area contributed by atoms with Gasteiger partial charge in [-0.05, 0) is 36.4 Å². The van der Waals surface area contributed by atoms with Crippen molar-refractivity contribution in [2.24, 2.45) is 0 Å². The van der Waals surface area contributed by atoms with Gasteiger partial charge in [-0.1, -0.05) is 18.2 Å². The number of hydrogen-bond donors (Lipinski definition) is 2. The second-order valence-corrected chi connectivity index (χ2v) is 6.36. The molecule has 2 rings (SSSR count). The summed E-state index contributed by atoms with van der Waals surface area (Å²) in [5.41, 5.74) is 0.911. The van der Waals surface area contributed by atoms with Crippen LogP contribution in [0.1, 0.15) is 10.4 Å². The normalized spacial score (nSPS) is 11.3. The van der Waals surface area contributed by atoms with Crippen LogP contribution in [-0.4, -0.2) is 25.4 Å². The van der Waals surface area contributed by atoms with E-state index in [1.165, 1.54) is 24.3 Å². The number of carbonyl (C=O) groups excluding carboxylic acids is 1. The Hall–Kier alpha value is -2.93. The number of carbonyl (C=O) groups is 2. The number of benzene rings is 2. The van der Waals surface area contributed by atoms with Crippen molar-refractivity contribution in [2.45, 2.75) is 4.90 Å². The van der Waals surface area contributed by atoms with E-state index in [0.29, 0.717) is 22.7 Å². The van der Waals surface area contributed by atoms with Crippen LogP contribution in [0.4, 0.5) is 5.69 Å². The Bertz CT molecular complexity index is 840. The van der Waals surface area contributed by atoms with E-state index in [9.17, 15) is 18.0 Å². The molecule has 0 radical (unpaired) electrons. The molecule has 0 aliphatic carbocycles. The summed E-state index contributed by atoms with van der Waals surface area (Å²) in [5, 5.41) is 11.7. The summed E-state index contributed by atoms with van der Waals surface area (Å²) in [6, 6.07) is 14.0. The standard InChI is InChI=1S/C16H13NO5S/c18-15(19)10-11-23(21,22)14-8-6-13(7-9-14)17-16(20)12-4-2-1-3-5-12/h1-11H,(H,17,20)(H,18,19)/b11-10+. The third-order valence-corrected chi connectivity index (χ3v) is 4.29. The van der Waals surface area contributed by atoms with Crippen LogP contribution in [0, 0.1) is 0 Å². The highest BCUT2D eigenvalue weighted by molar-refractivity contribution is 7.94. The fourth-order valence-corrected chi connectivity index (χ4v) is 2.72. The maximum Gasteiger partial charge on any atom is 0.329 e. The Morgan fingerprint density at radius 1 is 0.957 bits per heavy atom. The van der Waals surface area contributed by atoms with Gasteiger partial charge in [0.05, 0.1) is 4.90 Å². The van der Waals surface area contributed by atoms with Crippen LogP contribution >= 0.6 is 0 Å². The van der Waals surface area contributed by atoms with E-state index in [4.69, 9.17) is 5.11 Å². The van der Waals surface area contributed by atoms with E-state index in [0.717, 1.165) is 0 Å². The van der Waals surface area contributed by atoms with Crippen molar-refractivity contribution in [3.8, 4) is 0 Å². The van der Waals surface area contributed by atoms with Crippen molar-refractivity contribution in [3.63, 3.8) is 0 Å². The second-order valence-electron chi connectivity index (χ2n) is 4.53. The van der Waals surface area contributed by atoms with Gasteiger partial charge in [-0.3, -0.25) is 4.79 Å². The van der Waals surface area contributed by atoms with Crippen molar-refractivity contribution in [1.82, 2.24) is 0 Å². The van der Waals surface area contributed by atoms with Crippen molar-refractivity contribution in [1.29, 1.82) is 0 Å². The van der Waals surface area contributed by atoms with Gasteiger partial charge in [0.1, 0.15) is 0 Å². The monoisotopic (exact) mass is 331 g/mol. The number of carboxylic acid groups (broad SMARTS) is 1. The molecule has 0 saturated carbocycles. The van der Waals surface area contributed by atoms with Gasteiger partial charge in [0, 0.05) is 22.7 Å². The minimum absolute atomic E-state index is 0.0623. The summed E-state index contributed by atoms with van der Waals surface area (Å²) in [7, 11) is -3.83. The molecule has 0 aliphatic rings. The fraction of sp³-hybridized carbons (Fsp3) is 0. The molecule has 0 saturated heterocycles. The van der Waals surface area contributed by atoms with Crippen molar-refractivity contribution >= 4 is 27.4 Å². The number of rotatable bonds is 5. The maximum absolute atomic E-state index is 12.0. The van der Waals surface area contributed by atoms with Crippen LogP contribution in [0.2, 0.25) is 0 Å². The van der Waals surface area contributed by atoms with Crippen LogP contribution in [0.3, 0.4) is 0 Å². The Morgan fingerprint density at radius 2 is 1.57 bits per heavy atom. The van der Waals surface area contributed by atoms with E-state index in [2.05, 4.69) is 5.32 Å². The highest BCUT2D eigenvalue weighted by Gasteiger charge is 2.11. The summed E-state index contributed by atoms with van der Waals surface area (Å²) in [6.07, 6.45) is 0.556. The molecule has 0 bridgehead atoms. The topological polar surface area (TPSA) is 101 Å². The van der Waals surface area contributed by atoms with Crippen molar-refractivity contribution in [3.05, 3.63) is 71.6 Å². The first-order valence-electron chi connectivity index (χ1n) is 6.51. The van der Waals surface area contributed by atoms with E-state index in [-0.39, 0.29) is 10.8 Å². The SMILES string of the molecule is O=C(O)/C=C/S(=O)(=O)c1ccc(NC(=O)c2ccccc2)cc1. The predicted molar refractivity (Wildman–Crippen MR) is 84.8 cm³/mol. The molecule has 0 aromatic heterocycles. The van der Waals surface area contributed by atoms with Gasteiger partial charge < -0.3 is 10.4 Å². The van der Waals surface area contributed by atoms with Gasteiger partial charge in [-0.25, -0.2) is 13.2 Å². The smallest absolute Gasteiger partial charge is 0.329 e. The molecule has 2 aromatic rings. The highest BCUT2D eigenvalue weighted by Crippen LogP contribution is 2.17. The summed E-state index contributed by atoms with van der Waals surface area (Å²) in [6.45, 7) is 0. The number of anilines is 1. The minimum atomic E-state index is -3.83. The van der Waals surface area contributed by atoms with Gasteiger partial charge >= 0.3 is 5.97 Å². The summed E-state index contributed by atoms with van der Waals surface area (Å²) >= 11 is 0. The number of aliphatic carboxylic acids is 1. The van der Waals surface area contributed by atoms with Crippen molar-refractivity contribution in [2.75, 3.05) is 5.32 Å². The first-order valence-corrected chi connectivity index (χ1v) is 8.06. The first kappa shape index (κ1) is 16.4. The quantitative estimate of drug-likeness (QED) is 0.819. The van der Waals surface area contributed by atoms with E-state index in [1.807, 2.05) is 0 Å². The number of carboxylic acids is 1. The average molecular weight is 331 g/mol. The summed E-state index contributed by atoms with van der Waals surface area (Å²) < 4.78 is 23.7. The molecule has 23 heavy (non-hydrogen) atoms. The van der Waals surface area contributed by atoms with Gasteiger partial charge in [-0.2, -0.15) is 0 Å². The number of nitrogens with one attached hydrogen (secondary N) is 1. The summed E-state index contributed by atoms with van der Waals surface area (Å²) in [4.78, 5) is 22.3. The molecule has 0 heterocycles. The lowest BCUT2D eigenvalue weighted by Crippen LogP contribution is -2.11. The van der Waals surface area contributed by atoms with Gasteiger partial charge in [0.25, 0.3) is 5.91 Å². The largest absolute Gasteiger partial charge is 0.478 e. The Kier molecular flexibility index (Phi) is 4.92. The van der Waals surface area contributed by atoms with E-state index in [1.54, 1.807) is 30.3 Å². The average Bonchev–Trinajstić information content (AvgIpc) is 2.54. The zero-order valence-corrected chi connectivity index (χ0v) is 12.7. The van der Waals surface area contributed by atoms with Gasteiger partial charge in [0.15, 0.2) is 9.84 Å². The predicted octanol–water partition coefficient (Wildman–Crippen LogP) is 2.31. The van der Waals surface area contributed by atoms with Gasteiger partial charge in [-0.15, -0.1) is 0 Å². The van der Waals surface area contributed by atoms with E-state index < -0.39 is 15.8 Å². The number of hydrogen-bond acceptors (Lipinski definition) is 4. The third-order valence-electron chi connectivity index (χ3n) is 2.87. The molecular weight excluding hydrogens is 318 g/mol. The number of sulfone groups is 1. The molecule has 6 nitrogen and oxygen atoms in total. The number of amides is 1. The molecule has 7 heteroatoms. The van der Waals surface area contributed by atoms with E-state index >= 15 is 0 Å². The minimum Gasteiger partial charge on any atom is -0.478 e. The Morgan fingerprint density at radius 3 is 2.13 bits per heavy atom. The molecule has 118 valence electrons. The van der Waals surface area contributed by atoms with Crippen LogP contribution in [-0.2, 0) is 14.6 Å². The molecule has 2 aromatic carbocycles. The molecule has 0 aliphatic heterocycles. The Labute approximate surface area is 133 Å². The fourth-order valence-electron chi connectivity index (χ4n) is 1.75. The maximum atomic E-state index is 12.0. The highest BCUT2D eigenvalue weighted by atomic mass is 32.2. The Balaban J connectivity index is 2.14. The van der Waals surface area contributed by atoms with Crippen LogP contribution in [0.5, 0.6) is 0 Å². The molecule has 1 amide bonds. The lowest BCUT2D eigenvalue weighted by atomic mass is 10.2. The van der Waals surface area contributed by atoms with Crippen molar-refractivity contribution < 1.29 is 23.1 Å². The molecular formula is C16H13NO5S. The van der Waals surface area contributed by atoms with Crippen LogP contribution in [0.15, 0.2) is 71.0 Å². The van der Waals surface area contributed by atoms with Crippen LogP contribution < -0.4 is 5.32 Å². The zero-order valence-electron chi connectivity index (χ0n) is 11.8. The molecule has 0 unspecified atom stereocenters. The lowest BCUT2D eigenvalue weighted by Gasteiger charge is -2.06. The van der Waals surface area contributed by atoms with Crippen LogP contribution in [0.25, 0.3) is 0 Å². The van der Waals surface area contributed by atoms with Gasteiger partial charge in [0.2, 0.25) is 0 Å².